The highest BCUT2D eigenvalue weighted by Crippen LogP contribution is 2.13. The zero-order chi connectivity index (χ0) is 18.2. The molecular formula is C16H26N7OS2+. The number of piperazine rings is 1. The van der Waals surface area contributed by atoms with Crippen LogP contribution in [0.2, 0.25) is 0 Å². The van der Waals surface area contributed by atoms with E-state index >= 15 is 0 Å². The number of nitrogens with one attached hydrogen (secondary N) is 2. The van der Waals surface area contributed by atoms with Crippen molar-refractivity contribution in [3.05, 3.63) is 22.4 Å². The molecule has 2 aromatic rings. The van der Waals surface area contributed by atoms with Gasteiger partial charge in [-0.25, -0.2) is 9.97 Å². The molecule has 142 valence electrons. The van der Waals surface area contributed by atoms with Gasteiger partial charge in [0.15, 0.2) is 10.6 Å². The van der Waals surface area contributed by atoms with E-state index < -0.39 is 0 Å². The molecule has 0 radical (unpaired) electrons. The average molecular weight is 397 g/mol. The first-order valence-electron chi connectivity index (χ1n) is 9.01. The van der Waals surface area contributed by atoms with Crippen molar-refractivity contribution < 1.29 is 9.64 Å². The van der Waals surface area contributed by atoms with Crippen molar-refractivity contribution in [2.75, 3.05) is 56.2 Å². The van der Waals surface area contributed by atoms with Crippen LogP contribution < -0.4 is 15.1 Å². The number of nitrogens with zero attached hydrogens (tertiary/aromatic N) is 5. The summed E-state index contributed by atoms with van der Waals surface area (Å²) in [6, 6.07) is 1.84. The second-order valence-corrected chi connectivity index (χ2v) is 7.72. The van der Waals surface area contributed by atoms with Gasteiger partial charge < -0.3 is 19.9 Å². The molecule has 0 spiro atoms. The second-order valence-electron chi connectivity index (χ2n) is 6.09. The molecule has 0 saturated carbocycles. The lowest BCUT2D eigenvalue weighted by Gasteiger charge is -2.31. The fraction of sp³-hybridized carbons (Fsp3) is 0.625. The first-order valence-corrected chi connectivity index (χ1v) is 10.2. The summed E-state index contributed by atoms with van der Waals surface area (Å²) in [7, 11) is 0. The number of hydrogen-bond donors (Lipinski definition) is 2. The van der Waals surface area contributed by atoms with Gasteiger partial charge in [-0.15, -0.1) is 5.10 Å². The molecule has 0 unspecified atom stereocenters. The van der Waals surface area contributed by atoms with Gasteiger partial charge >= 0.3 is 0 Å². The number of ether oxygens (including phenoxy) is 1. The predicted octanol–water partition coefficient (Wildman–Crippen LogP) is 0.665. The number of anilines is 2. The summed E-state index contributed by atoms with van der Waals surface area (Å²) in [6.07, 6.45) is 4.55. The molecule has 1 fully saturated rings. The third-order valence-corrected chi connectivity index (χ3v) is 5.50. The molecule has 3 rings (SSSR count). The van der Waals surface area contributed by atoms with Gasteiger partial charge in [0.05, 0.1) is 26.2 Å². The number of aromatic nitrogens is 4. The molecule has 1 aliphatic heterocycles. The van der Waals surface area contributed by atoms with Crippen molar-refractivity contribution in [3.63, 3.8) is 0 Å². The molecular weight excluding hydrogens is 370 g/mol. The van der Waals surface area contributed by atoms with Crippen LogP contribution in [0.15, 0.2) is 18.5 Å². The molecule has 10 heteroatoms. The smallest absolute Gasteiger partial charge is 0.225 e. The highest BCUT2D eigenvalue weighted by atomic mass is 32.1. The quantitative estimate of drug-likeness (QED) is 0.477. The van der Waals surface area contributed by atoms with Gasteiger partial charge in [0.25, 0.3) is 0 Å². The summed E-state index contributed by atoms with van der Waals surface area (Å²) in [6.45, 7) is 9.14. The Morgan fingerprint density at radius 1 is 1.31 bits per heavy atom. The Morgan fingerprint density at radius 2 is 2.08 bits per heavy atom. The van der Waals surface area contributed by atoms with Crippen LogP contribution in [-0.4, -0.2) is 65.7 Å². The molecule has 2 aromatic heterocycles. The van der Waals surface area contributed by atoms with Crippen molar-refractivity contribution in [2.45, 2.75) is 20.0 Å². The fourth-order valence-electron chi connectivity index (χ4n) is 2.84. The first kappa shape index (κ1) is 19.2. The molecule has 0 aromatic carbocycles. The Morgan fingerprint density at radius 3 is 2.81 bits per heavy atom. The van der Waals surface area contributed by atoms with E-state index in [9.17, 15) is 0 Å². The molecule has 1 aliphatic rings. The Kier molecular flexibility index (Phi) is 7.30. The van der Waals surface area contributed by atoms with E-state index in [2.05, 4.69) is 25.3 Å². The minimum Gasteiger partial charge on any atom is -0.382 e. The Hall–Kier alpha value is -1.62. The van der Waals surface area contributed by atoms with Gasteiger partial charge in [-0.05, 0) is 31.6 Å². The van der Waals surface area contributed by atoms with E-state index in [0.717, 1.165) is 74.1 Å². The molecule has 1 saturated heterocycles. The third-order valence-electron chi connectivity index (χ3n) is 4.23. The Labute approximate surface area is 162 Å². The first-order chi connectivity index (χ1) is 12.8. The molecule has 26 heavy (non-hydrogen) atoms. The van der Waals surface area contributed by atoms with Crippen molar-refractivity contribution >= 4 is 34.6 Å². The molecule has 2 N–H and O–H groups in total. The molecule has 0 bridgehead atoms. The van der Waals surface area contributed by atoms with Crippen LogP contribution in [0.25, 0.3) is 0 Å². The minimum absolute atomic E-state index is 0.764. The summed E-state index contributed by atoms with van der Waals surface area (Å²) < 4.78 is 8.10. The Bertz CT molecular complexity index is 713. The zero-order valence-electron chi connectivity index (χ0n) is 15.1. The maximum absolute atomic E-state index is 5.47. The van der Waals surface area contributed by atoms with Crippen molar-refractivity contribution in [3.8, 4) is 0 Å². The zero-order valence-corrected chi connectivity index (χ0v) is 16.7. The van der Waals surface area contributed by atoms with Crippen LogP contribution >= 0.6 is 23.6 Å². The van der Waals surface area contributed by atoms with E-state index in [-0.39, 0.29) is 0 Å². The number of rotatable bonds is 9. The highest BCUT2D eigenvalue weighted by molar-refractivity contribution is 7.73. The monoisotopic (exact) mass is 396 g/mol. The lowest BCUT2D eigenvalue weighted by molar-refractivity contribution is -0.924. The second kappa shape index (κ2) is 9.91. The van der Waals surface area contributed by atoms with E-state index in [1.54, 1.807) is 12.4 Å². The lowest BCUT2D eigenvalue weighted by Crippen LogP contribution is -3.14. The van der Waals surface area contributed by atoms with Crippen LogP contribution in [0, 0.1) is 3.95 Å². The van der Waals surface area contributed by atoms with Crippen molar-refractivity contribution in [1.29, 1.82) is 0 Å². The fourth-order valence-corrected chi connectivity index (χ4v) is 3.87. The van der Waals surface area contributed by atoms with E-state index in [1.807, 2.05) is 17.7 Å². The number of hydrogen-bond acceptors (Lipinski definition) is 8. The van der Waals surface area contributed by atoms with E-state index in [1.165, 1.54) is 16.2 Å². The van der Waals surface area contributed by atoms with Crippen LogP contribution in [0.4, 0.5) is 11.1 Å². The Balaban J connectivity index is 1.45. The van der Waals surface area contributed by atoms with Gasteiger partial charge in [0.2, 0.25) is 11.1 Å². The summed E-state index contributed by atoms with van der Waals surface area (Å²) >= 11 is 7.01. The normalized spacial score (nSPS) is 15.3. The van der Waals surface area contributed by atoms with Gasteiger partial charge in [-0.2, -0.15) is 4.68 Å². The van der Waals surface area contributed by atoms with Gasteiger partial charge in [0.1, 0.15) is 0 Å². The topological polar surface area (TPSA) is 72.5 Å². The molecule has 8 nitrogen and oxygen atoms in total. The van der Waals surface area contributed by atoms with Crippen LogP contribution in [-0.2, 0) is 11.4 Å². The molecule has 0 aliphatic carbocycles. The van der Waals surface area contributed by atoms with E-state index in [0.29, 0.717) is 0 Å². The summed E-state index contributed by atoms with van der Waals surface area (Å²) in [4.78, 5) is 12.4. The van der Waals surface area contributed by atoms with Crippen LogP contribution in [0.1, 0.15) is 13.3 Å². The third kappa shape index (κ3) is 5.44. The van der Waals surface area contributed by atoms with Gasteiger partial charge in [0, 0.05) is 32.2 Å². The predicted molar refractivity (Wildman–Crippen MR) is 105 cm³/mol. The van der Waals surface area contributed by atoms with Crippen LogP contribution in [0.5, 0.6) is 0 Å². The van der Waals surface area contributed by atoms with Gasteiger partial charge in [-0.1, -0.05) is 11.3 Å². The SMILES string of the molecule is CCOCCCNc1nn(C[NH+]2CCN(c3ncccn3)CC2)c(=S)s1. The largest absolute Gasteiger partial charge is 0.382 e. The maximum atomic E-state index is 5.47. The highest BCUT2D eigenvalue weighted by Gasteiger charge is 2.22. The van der Waals surface area contributed by atoms with Crippen LogP contribution in [0.3, 0.4) is 0 Å². The summed E-state index contributed by atoms with van der Waals surface area (Å²) in [5.41, 5.74) is 0. The summed E-state index contributed by atoms with van der Waals surface area (Å²) in [5, 5.41) is 8.85. The molecule has 0 atom stereocenters. The van der Waals surface area contributed by atoms with Gasteiger partial charge in [-0.3, -0.25) is 0 Å². The van der Waals surface area contributed by atoms with E-state index in [4.69, 9.17) is 17.0 Å². The summed E-state index contributed by atoms with van der Waals surface area (Å²) in [5.74, 6) is 0.815. The molecule has 0 amide bonds. The number of quaternary nitrogens is 1. The lowest BCUT2D eigenvalue weighted by atomic mass is 10.3. The van der Waals surface area contributed by atoms with Crippen molar-refractivity contribution in [1.82, 2.24) is 19.7 Å². The average Bonchev–Trinajstić information content (AvgIpc) is 3.02. The molecule has 3 heterocycles. The standard InChI is InChI=1S/C16H25N7OS2/c1-2-24-12-4-7-19-15-20-23(16(25)26-15)13-21-8-10-22(11-9-21)14-17-5-3-6-18-14/h3,5-6H,2,4,7-13H2,1H3,(H,19,20)/p+1. The van der Waals surface area contributed by atoms with Crippen molar-refractivity contribution in [2.24, 2.45) is 0 Å². The maximum Gasteiger partial charge on any atom is 0.225 e. The minimum atomic E-state index is 0.764.